The van der Waals surface area contributed by atoms with E-state index >= 15 is 0 Å². The summed E-state index contributed by atoms with van der Waals surface area (Å²) >= 11 is 3.45. The molecule has 2 aromatic rings. The van der Waals surface area contributed by atoms with Crippen LogP contribution in [0, 0.1) is 0 Å². The highest BCUT2D eigenvalue weighted by Crippen LogP contribution is 2.18. The van der Waals surface area contributed by atoms with E-state index in [0.717, 1.165) is 10.0 Å². The second kappa shape index (κ2) is 9.01. The molecule has 6 nitrogen and oxygen atoms in total. The molecule has 1 unspecified atom stereocenters. The number of ether oxygens (including phenoxy) is 1. The fourth-order valence-electron chi connectivity index (χ4n) is 3.06. The summed E-state index contributed by atoms with van der Waals surface area (Å²) in [7, 11) is 1.57. The first-order valence-electron chi connectivity index (χ1n) is 8.75. The molecular formula is C20H22BrN3O3. The van der Waals surface area contributed by atoms with Gasteiger partial charge in [-0.15, -0.1) is 0 Å². The van der Waals surface area contributed by atoms with Gasteiger partial charge in [-0.05, 0) is 29.8 Å². The first kappa shape index (κ1) is 19.4. The zero-order valence-corrected chi connectivity index (χ0v) is 16.7. The molecule has 0 radical (unpaired) electrons. The highest BCUT2D eigenvalue weighted by molar-refractivity contribution is 9.10. The Bertz CT molecular complexity index is 828. The molecule has 0 spiro atoms. The summed E-state index contributed by atoms with van der Waals surface area (Å²) in [5.41, 5.74) is 1.70. The Morgan fingerprint density at radius 1 is 1.30 bits per heavy atom. The van der Waals surface area contributed by atoms with Crippen LogP contribution in [0.5, 0.6) is 5.75 Å². The molecule has 1 aliphatic rings. The molecule has 1 atom stereocenters. The minimum absolute atomic E-state index is 0.0537. The zero-order chi connectivity index (χ0) is 19.2. The molecule has 142 valence electrons. The molecule has 0 aliphatic carbocycles. The number of halogens is 1. The van der Waals surface area contributed by atoms with Gasteiger partial charge in [0.15, 0.2) is 0 Å². The molecule has 1 heterocycles. The molecule has 27 heavy (non-hydrogen) atoms. The largest absolute Gasteiger partial charge is 0.497 e. The van der Waals surface area contributed by atoms with Gasteiger partial charge in [0.05, 0.1) is 19.6 Å². The maximum absolute atomic E-state index is 12.8. The number of nitrogens with one attached hydrogen (secondary N) is 2. The fraction of sp³-hybridized carbons (Fsp3) is 0.300. The number of hydrogen-bond acceptors (Lipinski definition) is 4. The van der Waals surface area contributed by atoms with E-state index in [1.54, 1.807) is 30.2 Å². The van der Waals surface area contributed by atoms with Crippen LogP contribution in [0.2, 0.25) is 0 Å². The number of carbonyl (C=O) groups is 2. The average molecular weight is 432 g/mol. The van der Waals surface area contributed by atoms with Gasteiger partial charge in [-0.2, -0.15) is 0 Å². The van der Waals surface area contributed by atoms with Gasteiger partial charge >= 0.3 is 0 Å². The summed E-state index contributed by atoms with van der Waals surface area (Å²) in [6.45, 7) is 1.82. The lowest BCUT2D eigenvalue weighted by Gasteiger charge is -2.33. The van der Waals surface area contributed by atoms with Crippen molar-refractivity contribution in [2.45, 2.75) is 19.0 Å². The van der Waals surface area contributed by atoms with Crippen LogP contribution in [0.3, 0.4) is 0 Å². The van der Waals surface area contributed by atoms with Crippen molar-refractivity contribution in [1.82, 2.24) is 10.2 Å². The van der Waals surface area contributed by atoms with Crippen LogP contribution in [0.4, 0.5) is 5.69 Å². The number of methoxy groups -OCH3 is 1. The molecule has 1 saturated heterocycles. The summed E-state index contributed by atoms with van der Waals surface area (Å²) < 4.78 is 6.14. The molecule has 2 aromatic carbocycles. The van der Waals surface area contributed by atoms with Gasteiger partial charge in [-0.1, -0.05) is 34.1 Å². The van der Waals surface area contributed by atoms with E-state index in [2.05, 4.69) is 26.6 Å². The topological polar surface area (TPSA) is 70.7 Å². The average Bonchev–Trinajstić information content (AvgIpc) is 2.65. The van der Waals surface area contributed by atoms with Gasteiger partial charge in [0, 0.05) is 35.9 Å². The van der Waals surface area contributed by atoms with E-state index in [1.165, 1.54) is 0 Å². The maximum Gasteiger partial charge on any atom is 0.240 e. The molecule has 7 heteroatoms. The minimum atomic E-state index is -0.517. The van der Waals surface area contributed by atoms with Crippen molar-refractivity contribution in [1.29, 1.82) is 0 Å². The Morgan fingerprint density at radius 2 is 2.11 bits per heavy atom. The monoisotopic (exact) mass is 431 g/mol. The van der Waals surface area contributed by atoms with Gasteiger partial charge < -0.3 is 20.3 Å². The second-order valence-electron chi connectivity index (χ2n) is 6.38. The third-order valence-corrected chi connectivity index (χ3v) is 4.88. The van der Waals surface area contributed by atoms with E-state index < -0.39 is 6.04 Å². The molecule has 0 aromatic heterocycles. The predicted molar refractivity (Wildman–Crippen MR) is 108 cm³/mol. The number of carbonyl (C=O) groups excluding carboxylic acids is 2. The van der Waals surface area contributed by atoms with Gasteiger partial charge in [0.2, 0.25) is 11.8 Å². The lowest BCUT2D eigenvalue weighted by Crippen LogP contribution is -2.55. The van der Waals surface area contributed by atoms with E-state index in [1.807, 2.05) is 30.3 Å². The van der Waals surface area contributed by atoms with Gasteiger partial charge in [-0.3, -0.25) is 9.59 Å². The van der Waals surface area contributed by atoms with Crippen LogP contribution in [-0.4, -0.2) is 43.0 Å². The minimum Gasteiger partial charge on any atom is -0.497 e. The Kier molecular flexibility index (Phi) is 6.47. The van der Waals surface area contributed by atoms with E-state index in [9.17, 15) is 9.59 Å². The van der Waals surface area contributed by atoms with Crippen LogP contribution in [0.1, 0.15) is 12.0 Å². The van der Waals surface area contributed by atoms with E-state index in [0.29, 0.717) is 31.1 Å². The molecule has 1 aliphatic heterocycles. The Morgan fingerprint density at radius 3 is 2.89 bits per heavy atom. The number of piperazine rings is 1. The summed E-state index contributed by atoms with van der Waals surface area (Å²) in [4.78, 5) is 26.9. The SMILES string of the molecule is COc1cccc(NC(=O)CC2NCCN(Cc3cccc(Br)c3)C2=O)c1. The van der Waals surface area contributed by atoms with Crippen molar-refractivity contribution in [3.8, 4) is 5.75 Å². The summed E-state index contributed by atoms with van der Waals surface area (Å²) in [5.74, 6) is 0.403. The normalized spacial score (nSPS) is 16.9. The van der Waals surface area contributed by atoms with Gasteiger partial charge in [-0.25, -0.2) is 0 Å². The predicted octanol–water partition coefficient (Wildman–Crippen LogP) is 2.79. The quantitative estimate of drug-likeness (QED) is 0.737. The van der Waals surface area contributed by atoms with Gasteiger partial charge in [0.1, 0.15) is 5.75 Å². The Labute approximate surface area is 167 Å². The number of amides is 2. The van der Waals surface area contributed by atoms with E-state index in [-0.39, 0.29) is 18.2 Å². The second-order valence-corrected chi connectivity index (χ2v) is 7.30. The lowest BCUT2D eigenvalue weighted by atomic mass is 10.1. The standard InChI is InChI=1S/C20H22BrN3O3/c1-27-17-7-3-6-16(11-17)23-19(25)12-18-20(26)24(9-8-22-18)13-14-4-2-5-15(21)10-14/h2-7,10-11,18,22H,8-9,12-13H2,1H3,(H,23,25). The van der Waals surface area contributed by atoms with Crippen molar-refractivity contribution >= 4 is 33.4 Å². The number of hydrogen-bond donors (Lipinski definition) is 2. The lowest BCUT2D eigenvalue weighted by molar-refractivity contribution is -0.138. The van der Waals surface area contributed by atoms with Crippen molar-refractivity contribution in [2.24, 2.45) is 0 Å². The van der Waals surface area contributed by atoms with Crippen molar-refractivity contribution < 1.29 is 14.3 Å². The third-order valence-electron chi connectivity index (χ3n) is 4.39. The summed E-state index contributed by atoms with van der Waals surface area (Å²) in [6.07, 6.45) is 0.0883. The van der Waals surface area contributed by atoms with Crippen LogP contribution >= 0.6 is 15.9 Å². The van der Waals surface area contributed by atoms with Crippen molar-refractivity contribution in [3.05, 3.63) is 58.6 Å². The molecule has 3 rings (SSSR count). The number of rotatable bonds is 6. The zero-order valence-electron chi connectivity index (χ0n) is 15.1. The Balaban J connectivity index is 1.59. The number of anilines is 1. The molecule has 2 N–H and O–H groups in total. The maximum atomic E-state index is 12.8. The molecule has 0 saturated carbocycles. The van der Waals surface area contributed by atoms with Crippen LogP contribution in [0.25, 0.3) is 0 Å². The van der Waals surface area contributed by atoms with E-state index in [4.69, 9.17) is 4.74 Å². The first-order chi connectivity index (χ1) is 13.0. The Hall–Kier alpha value is -2.38. The molecule has 2 amide bonds. The molecule has 0 bridgehead atoms. The van der Waals surface area contributed by atoms with Crippen LogP contribution in [-0.2, 0) is 16.1 Å². The number of benzene rings is 2. The van der Waals surface area contributed by atoms with Crippen LogP contribution in [0.15, 0.2) is 53.0 Å². The van der Waals surface area contributed by atoms with Crippen molar-refractivity contribution in [2.75, 3.05) is 25.5 Å². The third kappa shape index (κ3) is 5.30. The summed E-state index contributed by atoms with van der Waals surface area (Å²) in [5, 5.41) is 5.97. The van der Waals surface area contributed by atoms with Crippen molar-refractivity contribution in [3.63, 3.8) is 0 Å². The van der Waals surface area contributed by atoms with Crippen LogP contribution < -0.4 is 15.4 Å². The highest BCUT2D eigenvalue weighted by Gasteiger charge is 2.30. The molecule has 1 fully saturated rings. The molecular weight excluding hydrogens is 410 g/mol. The van der Waals surface area contributed by atoms with Gasteiger partial charge in [0.25, 0.3) is 0 Å². The highest BCUT2D eigenvalue weighted by atomic mass is 79.9. The number of nitrogens with zero attached hydrogens (tertiary/aromatic N) is 1. The summed E-state index contributed by atoms with van der Waals surface area (Å²) in [6, 6.07) is 14.5. The first-order valence-corrected chi connectivity index (χ1v) is 9.55. The smallest absolute Gasteiger partial charge is 0.240 e. The fourth-order valence-corrected chi connectivity index (χ4v) is 3.51.